The summed E-state index contributed by atoms with van der Waals surface area (Å²) in [6.07, 6.45) is 2.66. The number of rotatable bonds is 8. The SMILES string of the molecule is CCCNC(=O)c1ccc(NC(=O)c2cn(Cc3ccccc3)nc2-c2cccs2)cc1. The van der Waals surface area contributed by atoms with Gasteiger partial charge in [-0.25, -0.2) is 0 Å². The summed E-state index contributed by atoms with van der Waals surface area (Å²) in [6.45, 7) is 3.22. The van der Waals surface area contributed by atoms with E-state index in [1.807, 2.05) is 54.8 Å². The van der Waals surface area contributed by atoms with Crippen molar-refractivity contribution in [2.75, 3.05) is 11.9 Å². The number of carbonyl (C=O) groups is 2. The summed E-state index contributed by atoms with van der Waals surface area (Å²) in [6, 6.07) is 20.8. The monoisotopic (exact) mass is 444 g/mol. The van der Waals surface area contributed by atoms with E-state index in [4.69, 9.17) is 0 Å². The van der Waals surface area contributed by atoms with Crippen LogP contribution in [0.5, 0.6) is 0 Å². The van der Waals surface area contributed by atoms with Crippen molar-refractivity contribution in [1.29, 1.82) is 0 Å². The van der Waals surface area contributed by atoms with E-state index in [0.29, 0.717) is 35.6 Å². The van der Waals surface area contributed by atoms with Crippen LogP contribution in [0.2, 0.25) is 0 Å². The van der Waals surface area contributed by atoms with Crippen LogP contribution < -0.4 is 10.6 Å². The molecule has 0 spiro atoms. The first-order chi connectivity index (χ1) is 15.6. The highest BCUT2D eigenvalue weighted by molar-refractivity contribution is 7.13. The number of thiophene rings is 1. The fraction of sp³-hybridized carbons (Fsp3) is 0.160. The highest BCUT2D eigenvalue weighted by atomic mass is 32.1. The number of hydrogen-bond donors (Lipinski definition) is 2. The molecule has 162 valence electrons. The maximum Gasteiger partial charge on any atom is 0.259 e. The summed E-state index contributed by atoms with van der Waals surface area (Å²) in [7, 11) is 0. The Morgan fingerprint density at radius 1 is 0.969 bits per heavy atom. The molecule has 32 heavy (non-hydrogen) atoms. The molecule has 2 amide bonds. The van der Waals surface area contributed by atoms with Crippen LogP contribution in [0.3, 0.4) is 0 Å². The fourth-order valence-corrected chi connectivity index (χ4v) is 4.00. The molecule has 4 rings (SSSR count). The molecular weight excluding hydrogens is 420 g/mol. The quantitative estimate of drug-likeness (QED) is 0.399. The van der Waals surface area contributed by atoms with Gasteiger partial charge in [0.15, 0.2) is 0 Å². The molecule has 2 aromatic heterocycles. The Balaban J connectivity index is 1.54. The van der Waals surface area contributed by atoms with Crippen LogP contribution in [0.4, 0.5) is 5.69 Å². The molecule has 2 heterocycles. The minimum Gasteiger partial charge on any atom is -0.352 e. The van der Waals surface area contributed by atoms with Gasteiger partial charge in [0.2, 0.25) is 0 Å². The van der Waals surface area contributed by atoms with Gasteiger partial charge in [-0.15, -0.1) is 11.3 Å². The van der Waals surface area contributed by atoms with Gasteiger partial charge in [-0.3, -0.25) is 14.3 Å². The van der Waals surface area contributed by atoms with Gasteiger partial charge in [0.25, 0.3) is 11.8 Å². The minimum absolute atomic E-state index is 0.119. The van der Waals surface area contributed by atoms with Crippen LogP contribution in [0.15, 0.2) is 78.3 Å². The van der Waals surface area contributed by atoms with E-state index in [2.05, 4.69) is 15.7 Å². The Morgan fingerprint density at radius 3 is 2.44 bits per heavy atom. The molecule has 6 nitrogen and oxygen atoms in total. The molecule has 0 unspecified atom stereocenters. The lowest BCUT2D eigenvalue weighted by Gasteiger charge is -2.07. The standard InChI is InChI=1S/C25H24N4O2S/c1-2-14-26-24(30)19-10-12-20(13-11-19)27-25(31)21-17-29(16-18-7-4-3-5-8-18)28-23(21)22-9-6-15-32-22/h3-13,15,17H,2,14,16H2,1H3,(H,26,30)(H,27,31). The molecule has 2 aromatic carbocycles. The van der Waals surface area contributed by atoms with Gasteiger partial charge in [-0.2, -0.15) is 5.10 Å². The molecule has 0 fully saturated rings. The molecule has 0 bridgehead atoms. The number of benzene rings is 2. The van der Waals surface area contributed by atoms with Crippen molar-refractivity contribution in [3.63, 3.8) is 0 Å². The number of carbonyl (C=O) groups excluding carboxylic acids is 2. The van der Waals surface area contributed by atoms with E-state index in [-0.39, 0.29) is 11.8 Å². The molecule has 0 saturated heterocycles. The first-order valence-electron chi connectivity index (χ1n) is 10.5. The number of nitrogens with one attached hydrogen (secondary N) is 2. The van der Waals surface area contributed by atoms with Crippen molar-refractivity contribution in [2.24, 2.45) is 0 Å². The van der Waals surface area contributed by atoms with Crippen molar-refractivity contribution >= 4 is 28.8 Å². The Hall–Kier alpha value is -3.71. The summed E-state index contributed by atoms with van der Waals surface area (Å²) in [5.41, 5.74) is 3.45. The number of hydrogen-bond acceptors (Lipinski definition) is 4. The fourth-order valence-electron chi connectivity index (χ4n) is 3.28. The van der Waals surface area contributed by atoms with Gasteiger partial charge in [0.05, 0.1) is 17.0 Å². The Bertz CT molecular complexity index is 1180. The van der Waals surface area contributed by atoms with Crippen LogP contribution in [0.25, 0.3) is 10.6 Å². The Labute approximate surface area is 190 Å². The maximum atomic E-state index is 13.1. The normalized spacial score (nSPS) is 10.7. The highest BCUT2D eigenvalue weighted by Crippen LogP contribution is 2.27. The molecular formula is C25H24N4O2S. The summed E-state index contributed by atoms with van der Waals surface area (Å²) < 4.78 is 1.79. The minimum atomic E-state index is -0.240. The van der Waals surface area contributed by atoms with E-state index >= 15 is 0 Å². The summed E-state index contributed by atoms with van der Waals surface area (Å²) >= 11 is 1.54. The molecule has 7 heteroatoms. The van der Waals surface area contributed by atoms with Gasteiger partial charge in [-0.05, 0) is 47.7 Å². The first kappa shape index (κ1) is 21.5. The zero-order chi connectivity index (χ0) is 22.3. The van der Waals surface area contributed by atoms with Gasteiger partial charge in [-0.1, -0.05) is 43.3 Å². The average Bonchev–Trinajstić information content (AvgIpc) is 3.49. The maximum absolute atomic E-state index is 13.1. The lowest BCUT2D eigenvalue weighted by Crippen LogP contribution is -2.23. The van der Waals surface area contributed by atoms with Crippen molar-refractivity contribution in [3.05, 3.63) is 95.0 Å². The van der Waals surface area contributed by atoms with Crippen LogP contribution in [-0.2, 0) is 6.54 Å². The zero-order valence-electron chi connectivity index (χ0n) is 17.7. The summed E-state index contributed by atoms with van der Waals surface area (Å²) in [4.78, 5) is 26.1. The number of aromatic nitrogens is 2. The molecule has 0 atom stereocenters. The third-order valence-corrected chi connectivity index (χ3v) is 5.77. The van der Waals surface area contributed by atoms with E-state index in [0.717, 1.165) is 16.9 Å². The smallest absolute Gasteiger partial charge is 0.259 e. The number of amides is 2. The molecule has 0 saturated carbocycles. The molecule has 2 N–H and O–H groups in total. The Morgan fingerprint density at radius 2 is 1.75 bits per heavy atom. The topological polar surface area (TPSA) is 76.0 Å². The predicted octanol–water partition coefficient (Wildman–Crippen LogP) is 5.05. The summed E-state index contributed by atoms with van der Waals surface area (Å²) in [5, 5.41) is 12.4. The van der Waals surface area contributed by atoms with E-state index in [1.165, 1.54) is 0 Å². The van der Waals surface area contributed by atoms with Crippen LogP contribution >= 0.6 is 11.3 Å². The predicted molar refractivity (Wildman–Crippen MR) is 128 cm³/mol. The second-order valence-corrected chi connectivity index (χ2v) is 8.29. The van der Waals surface area contributed by atoms with Crippen molar-refractivity contribution in [2.45, 2.75) is 19.9 Å². The van der Waals surface area contributed by atoms with E-state index < -0.39 is 0 Å². The first-order valence-corrected chi connectivity index (χ1v) is 11.4. The average molecular weight is 445 g/mol. The van der Waals surface area contributed by atoms with Gasteiger partial charge in [0.1, 0.15) is 5.69 Å². The molecule has 0 aliphatic heterocycles. The number of nitrogens with zero attached hydrogens (tertiary/aromatic N) is 2. The van der Waals surface area contributed by atoms with Crippen LogP contribution in [0, 0.1) is 0 Å². The van der Waals surface area contributed by atoms with Gasteiger partial charge in [0, 0.05) is 24.0 Å². The lowest BCUT2D eigenvalue weighted by atomic mass is 10.1. The second kappa shape index (κ2) is 10.1. The highest BCUT2D eigenvalue weighted by Gasteiger charge is 2.19. The summed E-state index contributed by atoms with van der Waals surface area (Å²) in [5.74, 6) is -0.359. The van der Waals surface area contributed by atoms with Crippen molar-refractivity contribution < 1.29 is 9.59 Å². The largest absolute Gasteiger partial charge is 0.352 e. The van der Waals surface area contributed by atoms with Crippen molar-refractivity contribution in [1.82, 2.24) is 15.1 Å². The van der Waals surface area contributed by atoms with Crippen molar-refractivity contribution in [3.8, 4) is 10.6 Å². The Kier molecular flexibility index (Phi) is 6.77. The van der Waals surface area contributed by atoms with Gasteiger partial charge >= 0.3 is 0 Å². The van der Waals surface area contributed by atoms with E-state index in [9.17, 15) is 9.59 Å². The van der Waals surface area contributed by atoms with Crippen LogP contribution in [-0.4, -0.2) is 28.1 Å². The third kappa shape index (κ3) is 5.12. The molecule has 0 aliphatic carbocycles. The molecule has 0 radical (unpaired) electrons. The molecule has 0 aliphatic rings. The second-order valence-electron chi connectivity index (χ2n) is 7.34. The van der Waals surface area contributed by atoms with Crippen LogP contribution in [0.1, 0.15) is 39.6 Å². The van der Waals surface area contributed by atoms with Gasteiger partial charge < -0.3 is 10.6 Å². The number of anilines is 1. The van der Waals surface area contributed by atoms with E-state index in [1.54, 1.807) is 46.5 Å². The lowest BCUT2D eigenvalue weighted by molar-refractivity contribution is 0.0953. The third-order valence-electron chi connectivity index (χ3n) is 4.89. The zero-order valence-corrected chi connectivity index (χ0v) is 18.6. The molecule has 4 aromatic rings.